The zero-order valence-corrected chi connectivity index (χ0v) is 7.78. The molecule has 0 radical (unpaired) electrons. The smallest absolute Gasteiger partial charge is 0.365 e. The molecule has 0 saturated heterocycles. The van der Waals surface area contributed by atoms with Crippen molar-refractivity contribution in [3.05, 3.63) is 0 Å². The summed E-state index contributed by atoms with van der Waals surface area (Å²) in [5.41, 5.74) is 5.32. The number of aliphatic imine (C=N–C) groups is 2. The third kappa shape index (κ3) is 2.50. The maximum atomic E-state index is 11.9. The van der Waals surface area contributed by atoms with Crippen molar-refractivity contribution in [2.75, 3.05) is 7.11 Å². The van der Waals surface area contributed by atoms with Gasteiger partial charge in [0.1, 0.15) is 0 Å². The summed E-state index contributed by atoms with van der Waals surface area (Å²) in [6.07, 6.45) is -1.20. The number of halogens is 3. The maximum absolute atomic E-state index is 11.9. The summed E-state index contributed by atoms with van der Waals surface area (Å²) < 4.78 is 28.4. The van der Waals surface area contributed by atoms with Crippen LogP contribution in [-0.2, 0) is 9.57 Å². The first-order chi connectivity index (χ1) is 6.54. The first-order valence-corrected chi connectivity index (χ1v) is 3.78. The van der Waals surface area contributed by atoms with Crippen LogP contribution in [0.25, 0.3) is 0 Å². The molecule has 0 aromatic heterocycles. The molecule has 1 aliphatic rings. The van der Waals surface area contributed by atoms with E-state index in [9.17, 15) is 8.78 Å². The van der Waals surface area contributed by atoms with Crippen LogP contribution in [0.2, 0.25) is 0 Å². The lowest BCUT2D eigenvalue weighted by molar-refractivity contribution is -0.268. The van der Waals surface area contributed by atoms with Gasteiger partial charge in [-0.25, -0.2) is 4.99 Å². The number of rotatable bonds is 2. The van der Waals surface area contributed by atoms with Crippen molar-refractivity contribution in [2.24, 2.45) is 15.7 Å². The summed E-state index contributed by atoms with van der Waals surface area (Å²) in [7, 11) is 1.21. The summed E-state index contributed by atoms with van der Waals surface area (Å²) in [6.45, 7) is -3.05. The van der Waals surface area contributed by atoms with Crippen molar-refractivity contribution in [3.8, 4) is 0 Å². The molecule has 0 bridgehead atoms. The minimum absolute atomic E-state index is 0.191. The summed E-state index contributed by atoms with van der Waals surface area (Å²) in [6, 6.07) is -0.280. The number of methoxy groups -OCH3 is 1. The SMILES string of the molecule is COC1=NC(Cl)=NC(N)N1OC(F)F. The van der Waals surface area contributed by atoms with E-state index in [4.69, 9.17) is 17.3 Å². The highest BCUT2D eigenvalue weighted by atomic mass is 35.5. The minimum atomic E-state index is -3.05. The molecule has 0 aromatic carbocycles. The van der Waals surface area contributed by atoms with Gasteiger partial charge in [0.05, 0.1) is 7.11 Å². The van der Waals surface area contributed by atoms with Crippen molar-refractivity contribution in [1.82, 2.24) is 5.06 Å². The summed E-state index contributed by atoms with van der Waals surface area (Å²) >= 11 is 5.42. The average Bonchev–Trinajstić information content (AvgIpc) is 2.08. The van der Waals surface area contributed by atoms with Crippen LogP contribution in [0.3, 0.4) is 0 Å². The van der Waals surface area contributed by atoms with Gasteiger partial charge in [0.25, 0.3) is 0 Å². The zero-order chi connectivity index (χ0) is 10.7. The molecule has 2 N–H and O–H groups in total. The maximum Gasteiger partial charge on any atom is 0.365 e. The fraction of sp³-hybridized carbons (Fsp3) is 0.600. The van der Waals surface area contributed by atoms with E-state index >= 15 is 0 Å². The van der Waals surface area contributed by atoms with Crippen molar-refractivity contribution in [1.29, 1.82) is 0 Å². The Kier molecular flexibility index (Phi) is 3.55. The second-order valence-electron chi connectivity index (χ2n) is 2.10. The topological polar surface area (TPSA) is 72.4 Å². The van der Waals surface area contributed by atoms with E-state index in [0.29, 0.717) is 5.06 Å². The Balaban J connectivity index is 2.79. The van der Waals surface area contributed by atoms with Gasteiger partial charge in [0.15, 0.2) is 0 Å². The van der Waals surface area contributed by atoms with Gasteiger partial charge in [0.2, 0.25) is 11.6 Å². The van der Waals surface area contributed by atoms with Crippen LogP contribution in [0.5, 0.6) is 0 Å². The number of ether oxygens (including phenoxy) is 1. The Morgan fingerprint density at radius 2 is 2.29 bits per heavy atom. The lowest BCUT2D eigenvalue weighted by Gasteiger charge is -2.27. The highest BCUT2D eigenvalue weighted by Gasteiger charge is 2.28. The normalized spacial score (nSPS) is 22.1. The van der Waals surface area contributed by atoms with Crippen LogP contribution in [0.15, 0.2) is 9.98 Å². The quantitative estimate of drug-likeness (QED) is 0.690. The van der Waals surface area contributed by atoms with E-state index in [1.54, 1.807) is 0 Å². The molecule has 0 aliphatic carbocycles. The highest BCUT2D eigenvalue weighted by Crippen LogP contribution is 2.12. The van der Waals surface area contributed by atoms with E-state index < -0.39 is 12.9 Å². The molecule has 0 spiro atoms. The van der Waals surface area contributed by atoms with Crippen LogP contribution in [0, 0.1) is 0 Å². The Morgan fingerprint density at radius 3 is 2.79 bits per heavy atom. The minimum Gasteiger partial charge on any atom is -0.467 e. The fourth-order valence-corrected chi connectivity index (χ4v) is 0.933. The molecule has 1 unspecified atom stereocenters. The highest BCUT2D eigenvalue weighted by molar-refractivity contribution is 6.65. The molecular formula is C5H7ClF2N4O2. The van der Waals surface area contributed by atoms with E-state index in [2.05, 4.69) is 19.6 Å². The van der Waals surface area contributed by atoms with E-state index in [-0.39, 0.29) is 11.3 Å². The molecule has 9 heteroatoms. The number of alkyl halides is 2. The molecule has 1 aliphatic heterocycles. The van der Waals surface area contributed by atoms with Crippen molar-refractivity contribution < 1.29 is 18.4 Å². The van der Waals surface area contributed by atoms with E-state index in [0.717, 1.165) is 0 Å². The molecule has 0 saturated carbocycles. The van der Waals surface area contributed by atoms with Gasteiger partial charge in [0, 0.05) is 0 Å². The number of nitrogens with two attached hydrogens (primary N) is 1. The summed E-state index contributed by atoms with van der Waals surface area (Å²) in [5, 5.41) is 0.333. The predicted molar refractivity (Wildman–Crippen MR) is 44.6 cm³/mol. The number of amidine groups is 2. The molecule has 1 rings (SSSR count). The number of hydrogen-bond acceptors (Lipinski definition) is 6. The molecule has 14 heavy (non-hydrogen) atoms. The van der Waals surface area contributed by atoms with Gasteiger partial charge in [-0.2, -0.15) is 23.7 Å². The van der Waals surface area contributed by atoms with E-state index in [1.807, 2.05) is 0 Å². The van der Waals surface area contributed by atoms with Crippen LogP contribution >= 0.6 is 11.6 Å². The van der Waals surface area contributed by atoms with Crippen molar-refractivity contribution >= 4 is 22.9 Å². The zero-order valence-electron chi connectivity index (χ0n) is 7.02. The Labute approximate surface area is 82.9 Å². The standard InChI is InChI=1S/C5H7ClF2N4O2/c1-13-5-11-2(6)10-4(9)12(5)14-3(7)8/h3-4H,9H2,1H3. The predicted octanol–water partition coefficient (Wildman–Crippen LogP) is 0.296. The molecule has 6 nitrogen and oxygen atoms in total. The second kappa shape index (κ2) is 4.49. The van der Waals surface area contributed by atoms with Crippen LogP contribution in [0.1, 0.15) is 0 Å². The van der Waals surface area contributed by atoms with Gasteiger partial charge < -0.3 is 4.74 Å². The monoisotopic (exact) mass is 228 g/mol. The number of hydrogen-bond donors (Lipinski definition) is 1. The molecule has 0 amide bonds. The Bertz CT molecular complexity index is 272. The van der Waals surface area contributed by atoms with E-state index in [1.165, 1.54) is 7.11 Å². The first-order valence-electron chi connectivity index (χ1n) is 3.40. The summed E-state index contributed by atoms with van der Waals surface area (Å²) in [5.74, 6) is 0. The number of nitrogens with zero attached hydrogens (tertiary/aromatic N) is 3. The van der Waals surface area contributed by atoms with Gasteiger partial charge in [-0.15, -0.1) is 0 Å². The largest absolute Gasteiger partial charge is 0.467 e. The van der Waals surface area contributed by atoms with Gasteiger partial charge in [-0.05, 0) is 11.6 Å². The third-order valence-corrected chi connectivity index (χ3v) is 1.41. The molecule has 80 valence electrons. The lowest BCUT2D eigenvalue weighted by atomic mass is 10.7. The van der Waals surface area contributed by atoms with Crippen LogP contribution < -0.4 is 5.73 Å². The molecule has 0 aromatic rings. The molecule has 1 atom stereocenters. The van der Waals surface area contributed by atoms with Gasteiger partial charge in [-0.3, -0.25) is 5.73 Å². The Morgan fingerprint density at radius 1 is 1.64 bits per heavy atom. The molecule has 0 fully saturated rings. The second-order valence-corrected chi connectivity index (χ2v) is 2.44. The van der Waals surface area contributed by atoms with Crippen LogP contribution in [-0.4, -0.2) is 36.4 Å². The summed E-state index contributed by atoms with van der Waals surface area (Å²) in [4.78, 5) is 11.0. The fourth-order valence-electron chi connectivity index (χ4n) is 0.761. The Hall–Kier alpha value is -0.990. The lowest BCUT2D eigenvalue weighted by Crippen LogP contribution is -2.48. The third-order valence-electron chi connectivity index (χ3n) is 1.23. The van der Waals surface area contributed by atoms with Gasteiger partial charge >= 0.3 is 12.6 Å². The average molecular weight is 229 g/mol. The van der Waals surface area contributed by atoms with Gasteiger partial charge in [-0.1, -0.05) is 0 Å². The van der Waals surface area contributed by atoms with Crippen molar-refractivity contribution in [2.45, 2.75) is 12.9 Å². The van der Waals surface area contributed by atoms with Crippen molar-refractivity contribution in [3.63, 3.8) is 0 Å². The number of hydroxylamine groups is 2. The molecular weight excluding hydrogens is 222 g/mol. The van der Waals surface area contributed by atoms with Crippen LogP contribution in [0.4, 0.5) is 8.78 Å². The molecule has 1 heterocycles. The first kappa shape index (κ1) is 11.1.